The van der Waals surface area contributed by atoms with E-state index in [0.717, 1.165) is 16.5 Å². The van der Waals surface area contributed by atoms with Gasteiger partial charge in [-0.1, -0.05) is 24.3 Å². The zero-order valence-corrected chi connectivity index (χ0v) is 12.1. The highest BCUT2D eigenvalue weighted by molar-refractivity contribution is 7.07. The Morgan fingerprint density at radius 2 is 2.19 bits per heavy atom. The Morgan fingerprint density at radius 1 is 1.33 bits per heavy atom. The van der Waals surface area contributed by atoms with Crippen LogP contribution in [0.5, 0.6) is 0 Å². The SMILES string of the molecule is Nc1nc(C(=O)NCCc2cscn2)cc2ccccc12. The summed E-state index contributed by atoms with van der Waals surface area (Å²) in [7, 11) is 0. The van der Waals surface area contributed by atoms with Crippen molar-refractivity contribution in [3.05, 3.63) is 52.6 Å². The summed E-state index contributed by atoms with van der Waals surface area (Å²) in [5, 5.41) is 6.58. The Hall–Kier alpha value is -2.47. The first kappa shape index (κ1) is 13.5. The van der Waals surface area contributed by atoms with Crippen molar-refractivity contribution in [2.75, 3.05) is 12.3 Å². The van der Waals surface area contributed by atoms with Gasteiger partial charge in [0.1, 0.15) is 11.5 Å². The van der Waals surface area contributed by atoms with Crippen molar-refractivity contribution in [2.45, 2.75) is 6.42 Å². The lowest BCUT2D eigenvalue weighted by molar-refractivity contribution is 0.0949. The number of carbonyl (C=O) groups is 1. The number of nitrogens with zero attached hydrogens (tertiary/aromatic N) is 2. The molecular formula is C15H14N4OS. The van der Waals surface area contributed by atoms with E-state index in [1.165, 1.54) is 0 Å². The molecule has 5 nitrogen and oxygen atoms in total. The summed E-state index contributed by atoms with van der Waals surface area (Å²) in [6, 6.07) is 9.37. The molecule has 0 bridgehead atoms. The summed E-state index contributed by atoms with van der Waals surface area (Å²) in [4.78, 5) is 20.5. The van der Waals surface area contributed by atoms with Gasteiger partial charge in [0.25, 0.3) is 5.91 Å². The Labute approximate surface area is 125 Å². The molecule has 0 unspecified atom stereocenters. The van der Waals surface area contributed by atoms with E-state index >= 15 is 0 Å². The number of pyridine rings is 1. The first-order valence-electron chi connectivity index (χ1n) is 6.54. The van der Waals surface area contributed by atoms with E-state index in [4.69, 9.17) is 5.73 Å². The first-order chi connectivity index (χ1) is 10.2. The minimum absolute atomic E-state index is 0.220. The smallest absolute Gasteiger partial charge is 0.270 e. The molecule has 0 aliphatic heterocycles. The fraction of sp³-hybridized carbons (Fsp3) is 0.133. The van der Waals surface area contributed by atoms with Crippen LogP contribution in [0, 0.1) is 0 Å². The number of hydrogen-bond acceptors (Lipinski definition) is 5. The predicted molar refractivity (Wildman–Crippen MR) is 84.3 cm³/mol. The lowest BCUT2D eigenvalue weighted by atomic mass is 10.1. The number of carbonyl (C=O) groups excluding carboxylic acids is 1. The molecule has 106 valence electrons. The maximum Gasteiger partial charge on any atom is 0.270 e. The molecule has 3 rings (SSSR count). The van der Waals surface area contributed by atoms with E-state index in [1.807, 2.05) is 29.6 Å². The van der Waals surface area contributed by atoms with E-state index in [-0.39, 0.29) is 5.91 Å². The number of aromatic nitrogens is 2. The number of amides is 1. The second-order valence-corrected chi connectivity index (χ2v) is 5.32. The Bertz CT molecular complexity index is 770. The van der Waals surface area contributed by atoms with Gasteiger partial charge >= 0.3 is 0 Å². The van der Waals surface area contributed by atoms with Crippen molar-refractivity contribution < 1.29 is 4.79 Å². The average Bonchev–Trinajstić information content (AvgIpc) is 3.00. The monoisotopic (exact) mass is 298 g/mol. The van der Waals surface area contributed by atoms with E-state index in [0.29, 0.717) is 24.5 Å². The van der Waals surface area contributed by atoms with Crippen LogP contribution in [0.1, 0.15) is 16.2 Å². The molecule has 0 fully saturated rings. The number of nitrogens with two attached hydrogens (primary N) is 1. The van der Waals surface area contributed by atoms with E-state index < -0.39 is 0 Å². The zero-order valence-electron chi connectivity index (χ0n) is 11.2. The second kappa shape index (κ2) is 5.88. The fourth-order valence-corrected chi connectivity index (χ4v) is 2.69. The molecule has 0 saturated carbocycles. The second-order valence-electron chi connectivity index (χ2n) is 4.60. The van der Waals surface area contributed by atoms with Crippen molar-refractivity contribution >= 4 is 33.8 Å². The van der Waals surface area contributed by atoms with Crippen LogP contribution < -0.4 is 11.1 Å². The summed E-state index contributed by atoms with van der Waals surface area (Å²) in [5.41, 5.74) is 9.00. The largest absolute Gasteiger partial charge is 0.383 e. The van der Waals surface area contributed by atoms with Crippen LogP contribution in [0.4, 0.5) is 5.82 Å². The highest BCUT2D eigenvalue weighted by Gasteiger charge is 2.10. The zero-order chi connectivity index (χ0) is 14.7. The molecule has 0 atom stereocenters. The van der Waals surface area contributed by atoms with Gasteiger partial charge in [0.05, 0.1) is 11.2 Å². The van der Waals surface area contributed by atoms with Crippen molar-refractivity contribution in [3.63, 3.8) is 0 Å². The number of thiazole rings is 1. The van der Waals surface area contributed by atoms with Crippen LogP contribution in [0.2, 0.25) is 0 Å². The molecule has 0 aliphatic carbocycles. The Kier molecular flexibility index (Phi) is 3.79. The number of fused-ring (bicyclic) bond motifs is 1. The standard InChI is InChI=1S/C15H14N4OS/c16-14-12-4-2-1-3-10(12)7-13(19-14)15(20)17-6-5-11-8-21-9-18-11/h1-4,7-9H,5-6H2,(H2,16,19)(H,17,20). The number of benzene rings is 1. The van der Waals surface area contributed by atoms with Crippen molar-refractivity contribution in [1.29, 1.82) is 0 Å². The van der Waals surface area contributed by atoms with Crippen LogP contribution >= 0.6 is 11.3 Å². The maximum absolute atomic E-state index is 12.1. The van der Waals surface area contributed by atoms with Crippen molar-refractivity contribution in [2.24, 2.45) is 0 Å². The topological polar surface area (TPSA) is 80.9 Å². The minimum atomic E-state index is -0.220. The van der Waals surface area contributed by atoms with Gasteiger partial charge in [-0.25, -0.2) is 9.97 Å². The molecule has 1 amide bonds. The molecular weight excluding hydrogens is 284 g/mol. The third-order valence-electron chi connectivity index (χ3n) is 3.15. The van der Waals surface area contributed by atoms with Crippen LogP contribution in [-0.2, 0) is 6.42 Å². The van der Waals surface area contributed by atoms with Gasteiger partial charge < -0.3 is 11.1 Å². The Balaban J connectivity index is 1.72. The third kappa shape index (κ3) is 3.00. The van der Waals surface area contributed by atoms with Crippen LogP contribution in [0.3, 0.4) is 0 Å². The molecule has 0 aliphatic rings. The maximum atomic E-state index is 12.1. The normalized spacial score (nSPS) is 10.7. The summed E-state index contributed by atoms with van der Waals surface area (Å²) < 4.78 is 0. The molecule has 2 heterocycles. The summed E-state index contributed by atoms with van der Waals surface area (Å²) in [5.74, 6) is 0.153. The molecule has 0 radical (unpaired) electrons. The highest BCUT2D eigenvalue weighted by atomic mass is 32.1. The molecule has 2 aromatic heterocycles. The number of nitrogen functional groups attached to an aromatic ring is 1. The summed E-state index contributed by atoms with van der Waals surface area (Å²) in [6.07, 6.45) is 0.707. The van der Waals surface area contributed by atoms with Gasteiger partial charge in [0.15, 0.2) is 0 Å². The molecule has 3 N–H and O–H groups in total. The molecule has 6 heteroatoms. The van der Waals surface area contributed by atoms with Gasteiger partial charge in [-0.15, -0.1) is 11.3 Å². The molecule has 3 aromatic rings. The quantitative estimate of drug-likeness (QED) is 0.774. The number of hydrogen-bond donors (Lipinski definition) is 2. The number of nitrogens with one attached hydrogen (secondary N) is 1. The third-order valence-corrected chi connectivity index (χ3v) is 3.79. The van der Waals surface area contributed by atoms with Gasteiger partial charge in [-0.2, -0.15) is 0 Å². The molecule has 0 saturated heterocycles. The van der Waals surface area contributed by atoms with E-state index in [1.54, 1.807) is 22.9 Å². The van der Waals surface area contributed by atoms with Gasteiger partial charge in [-0.05, 0) is 11.5 Å². The fourth-order valence-electron chi connectivity index (χ4n) is 2.10. The summed E-state index contributed by atoms with van der Waals surface area (Å²) in [6.45, 7) is 0.525. The van der Waals surface area contributed by atoms with Gasteiger partial charge in [0, 0.05) is 23.7 Å². The Morgan fingerprint density at radius 3 is 3.00 bits per heavy atom. The van der Waals surface area contributed by atoms with Crippen molar-refractivity contribution in [3.8, 4) is 0 Å². The van der Waals surface area contributed by atoms with E-state index in [2.05, 4.69) is 15.3 Å². The lowest BCUT2D eigenvalue weighted by Gasteiger charge is -2.07. The molecule has 1 aromatic carbocycles. The number of rotatable bonds is 4. The average molecular weight is 298 g/mol. The highest BCUT2D eigenvalue weighted by Crippen LogP contribution is 2.19. The van der Waals surface area contributed by atoms with E-state index in [9.17, 15) is 4.79 Å². The van der Waals surface area contributed by atoms with Gasteiger partial charge in [-0.3, -0.25) is 4.79 Å². The van der Waals surface area contributed by atoms with Crippen molar-refractivity contribution in [1.82, 2.24) is 15.3 Å². The molecule has 21 heavy (non-hydrogen) atoms. The summed E-state index contributed by atoms with van der Waals surface area (Å²) >= 11 is 1.55. The predicted octanol–water partition coefficient (Wildman–Crippen LogP) is 2.25. The lowest BCUT2D eigenvalue weighted by Crippen LogP contribution is -2.26. The minimum Gasteiger partial charge on any atom is -0.383 e. The van der Waals surface area contributed by atoms with Crippen LogP contribution in [0.15, 0.2) is 41.2 Å². The molecule has 0 spiro atoms. The van der Waals surface area contributed by atoms with Gasteiger partial charge in [0.2, 0.25) is 0 Å². The van der Waals surface area contributed by atoms with Crippen LogP contribution in [-0.4, -0.2) is 22.4 Å². The van der Waals surface area contributed by atoms with Crippen LogP contribution in [0.25, 0.3) is 10.8 Å². The number of anilines is 1. The first-order valence-corrected chi connectivity index (χ1v) is 7.49.